The van der Waals surface area contributed by atoms with Crippen LogP contribution in [0.15, 0.2) is 24.3 Å². The molecule has 116 valence electrons. The van der Waals surface area contributed by atoms with Gasteiger partial charge in [-0.1, -0.05) is 0 Å². The highest BCUT2D eigenvalue weighted by Crippen LogP contribution is 2.19. The first kappa shape index (κ1) is 15.8. The van der Waals surface area contributed by atoms with Crippen molar-refractivity contribution in [2.75, 3.05) is 43.0 Å². The van der Waals surface area contributed by atoms with Crippen molar-refractivity contribution >= 4 is 17.3 Å². The Bertz CT molecular complexity index is 441. The van der Waals surface area contributed by atoms with Gasteiger partial charge in [0, 0.05) is 31.0 Å². The molecular formula is C16H25N3O2. The molecule has 5 nitrogen and oxygen atoms in total. The normalized spacial score (nSPS) is 18.3. The monoisotopic (exact) mass is 291 g/mol. The van der Waals surface area contributed by atoms with Crippen LogP contribution in [0.25, 0.3) is 0 Å². The van der Waals surface area contributed by atoms with Crippen LogP contribution >= 0.6 is 0 Å². The Morgan fingerprint density at radius 2 is 2.19 bits per heavy atom. The molecule has 21 heavy (non-hydrogen) atoms. The second kappa shape index (κ2) is 8.00. The molecule has 0 aromatic heterocycles. The number of nitrogens with zero attached hydrogens (tertiary/aromatic N) is 1. The van der Waals surface area contributed by atoms with Gasteiger partial charge >= 0.3 is 0 Å². The fourth-order valence-electron chi connectivity index (χ4n) is 2.67. The van der Waals surface area contributed by atoms with Crippen molar-refractivity contribution < 1.29 is 9.90 Å². The van der Waals surface area contributed by atoms with Crippen LogP contribution in [0.1, 0.15) is 19.8 Å². The average Bonchev–Trinajstić information content (AvgIpc) is 2.54. The van der Waals surface area contributed by atoms with Crippen LogP contribution in [-0.2, 0) is 4.79 Å². The van der Waals surface area contributed by atoms with Gasteiger partial charge in [-0.15, -0.1) is 0 Å². The zero-order valence-electron chi connectivity index (χ0n) is 12.6. The van der Waals surface area contributed by atoms with E-state index in [1.54, 1.807) is 0 Å². The van der Waals surface area contributed by atoms with Crippen LogP contribution < -0.4 is 15.5 Å². The van der Waals surface area contributed by atoms with Gasteiger partial charge in [-0.2, -0.15) is 0 Å². The summed E-state index contributed by atoms with van der Waals surface area (Å²) in [6.45, 7) is 5.44. The first-order valence-corrected chi connectivity index (χ1v) is 7.72. The number of carbonyl (C=O) groups is 1. The van der Waals surface area contributed by atoms with E-state index in [0.717, 1.165) is 43.9 Å². The van der Waals surface area contributed by atoms with Crippen LogP contribution in [0.4, 0.5) is 11.4 Å². The number of aliphatic hydroxyl groups excluding tert-OH is 1. The fourth-order valence-corrected chi connectivity index (χ4v) is 2.67. The van der Waals surface area contributed by atoms with Gasteiger partial charge in [0.05, 0.1) is 12.5 Å². The van der Waals surface area contributed by atoms with Gasteiger partial charge in [0.1, 0.15) is 0 Å². The maximum absolute atomic E-state index is 12.2. The lowest BCUT2D eigenvalue weighted by atomic mass is 9.99. The van der Waals surface area contributed by atoms with Crippen molar-refractivity contribution in [3.05, 3.63) is 24.3 Å². The van der Waals surface area contributed by atoms with Gasteiger partial charge in [0.15, 0.2) is 0 Å². The average molecular weight is 291 g/mol. The number of rotatable bonds is 6. The minimum Gasteiger partial charge on any atom is -0.395 e. The third-order valence-electron chi connectivity index (χ3n) is 3.92. The topological polar surface area (TPSA) is 64.6 Å². The summed E-state index contributed by atoms with van der Waals surface area (Å²) in [4.78, 5) is 14.2. The molecule has 0 radical (unpaired) electrons. The van der Waals surface area contributed by atoms with Crippen molar-refractivity contribution in [2.24, 2.45) is 5.92 Å². The minimum atomic E-state index is 0.0694. The van der Waals surface area contributed by atoms with E-state index in [4.69, 9.17) is 5.11 Å². The summed E-state index contributed by atoms with van der Waals surface area (Å²) in [5, 5.41) is 15.3. The van der Waals surface area contributed by atoms with E-state index in [0.29, 0.717) is 6.54 Å². The van der Waals surface area contributed by atoms with Crippen LogP contribution in [0.2, 0.25) is 0 Å². The molecule has 5 heteroatoms. The molecule has 1 aliphatic rings. The van der Waals surface area contributed by atoms with Gasteiger partial charge in [0.25, 0.3) is 0 Å². The molecule has 1 saturated heterocycles. The zero-order chi connectivity index (χ0) is 15.1. The lowest BCUT2D eigenvalue weighted by Crippen LogP contribution is -2.37. The predicted molar refractivity (Wildman–Crippen MR) is 85.6 cm³/mol. The highest BCUT2D eigenvalue weighted by Gasteiger charge is 2.20. The summed E-state index contributed by atoms with van der Waals surface area (Å²) in [7, 11) is 0. The predicted octanol–water partition coefficient (Wildman–Crippen LogP) is 1.44. The first-order chi connectivity index (χ1) is 10.2. The van der Waals surface area contributed by atoms with E-state index in [9.17, 15) is 4.79 Å². The SMILES string of the molecule is CCN(CCO)c1ccc(NC(=O)[C@H]2CCCNC2)cc1. The maximum Gasteiger partial charge on any atom is 0.228 e. The van der Waals surface area contributed by atoms with Gasteiger partial charge < -0.3 is 20.6 Å². The van der Waals surface area contributed by atoms with Crippen molar-refractivity contribution in [1.82, 2.24) is 5.32 Å². The third-order valence-corrected chi connectivity index (χ3v) is 3.92. The van der Waals surface area contributed by atoms with Gasteiger partial charge in [-0.3, -0.25) is 4.79 Å². The summed E-state index contributed by atoms with van der Waals surface area (Å²) in [5.74, 6) is 0.164. The Balaban J connectivity index is 1.93. The molecule has 1 amide bonds. The highest BCUT2D eigenvalue weighted by molar-refractivity contribution is 5.92. The summed E-state index contributed by atoms with van der Waals surface area (Å²) < 4.78 is 0. The number of benzene rings is 1. The molecule has 1 aliphatic heterocycles. The number of nitrogens with one attached hydrogen (secondary N) is 2. The first-order valence-electron chi connectivity index (χ1n) is 7.72. The lowest BCUT2D eigenvalue weighted by Gasteiger charge is -2.23. The molecular weight excluding hydrogens is 266 g/mol. The molecule has 2 rings (SSSR count). The molecule has 0 bridgehead atoms. The molecule has 1 atom stereocenters. The van der Waals surface area contributed by atoms with Crippen molar-refractivity contribution in [1.29, 1.82) is 0 Å². The number of likely N-dealkylation sites (N-methyl/N-ethyl adjacent to an activating group) is 1. The number of piperidine rings is 1. The van der Waals surface area contributed by atoms with E-state index in [1.807, 2.05) is 24.3 Å². The Labute approximate surface area is 126 Å². The van der Waals surface area contributed by atoms with Crippen LogP contribution in [0.3, 0.4) is 0 Å². The number of carbonyl (C=O) groups excluding carboxylic acids is 1. The van der Waals surface area contributed by atoms with E-state index >= 15 is 0 Å². The highest BCUT2D eigenvalue weighted by atomic mass is 16.3. The summed E-state index contributed by atoms with van der Waals surface area (Å²) >= 11 is 0. The smallest absolute Gasteiger partial charge is 0.228 e. The van der Waals surface area contributed by atoms with E-state index < -0.39 is 0 Å². The number of anilines is 2. The Morgan fingerprint density at radius 1 is 1.43 bits per heavy atom. The van der Waals surface area contributed by atoms with Crippen molar-refractivity contribution in [3.63, 3.8) is 0 Å². The number of amides is 1. The fraction of sp³-hybridized carbons (Fsp3) is 0.562. The number of hydrogen-bond acceptors (Lipinski definition) is 4. The van der Waals surface area contributed by atoms with Crippen LogP contribution in [-0.4, -0.2) is 43.8 Å². The number of aliphatic hydroxyl groups is 1. The van der Waals surface area contributed by atoms with E-state index in [-0.39, 0.29) is 18.4 Å². The standard InChI is InChI=1S/C16H25N3O2/c1-2-19(10-11-20)15-7-5-14(6-8-15)18-16(21)13-4-3-9-17-12-13/h5-8,13,17,20H,2-4,9-12H2,1H3,(H,18,21)/t13-/m0/s1. The molecule has 1 aromatic carbocycles. The molecule has 3 N–H and O–H groups in total. The van der Waals surface area contributed by atoms with Crippen LogP contribution in [0.5, 0.6) is 0 Å². The van der Waals surface area contributed by atoms with Crippen LogP contribution in [0, 0.1) is 5.92 Å². The Morgan fingerprint density at radius 3 is 2.76 bits per heavy atom. The molecule has 0 unspecified atom stereocenters. The molecule has 1 heterocycles. The Hall–Kier alpha value is -1.59. The molecule has 1 fully saturated rings. The summed E-state index contributed by atoms with van der Waals surface area (Å²) in [6.07, 6.45) is 2.01. The van der Waals surface area contributed by atoms with Gasteiger partial charge in [-0.25, -0.2) is 0 Å². The second-order valence-corrected chi connectivity index (χ2v) is 5.38. The van der Waals surface area contributed by atoms with Crippen molar-refractivity contribution in [2.45, 2.75) is 19.8 Å². The van der Waals surface area contributed by atoms with Gasteiger partial charge in [0.2, 0.25) is 5.91 Å². The third kappa shape index (κ3) is 4.44. The second-order valence-electron chi connectivity index (χ2n) is 5.38. The maximum atomic E-state index is 12.2. The molecule has 1 aromatic rings. The van der Waals surface area contributed by atoms with Gasteiger partial charge in [-0.05, 0) is 50.6 Å². The zero-order valence-corrected chi connectivity index (χ0v) is 12.6. The van der Waals surface area contributed by atoms with E-state index in [2.05, 4.69) is 22.5 Å². The minimum absolute atomic E-state index is 0.0694. The summed E-state index contributed by atoms with van der Waals surface area (Å²) in [6, 6.07) is 7.80. The lowest BCUT2D eigenvalue weighted by molar-refractivity contribution is -0.120. The quantitative estimate of drug-likeness (QED) is 0.742. The van der Waals surface area contributed by atoms with Crippen molar-refractivity contribution in [3.8, 4) is 0 Å². The summed E-state index contributed by atoms with van der Waals surface area (Å²) in [5.41, 5.74) is 1.89. The van der Waals surface area contributed by atoms with E-state index in [1.165, 1.54) is 0 Å². The molecule has 0 saturated carbocycles. The number of hydrogen-bond donors (Lipinski definition) is 3. The Kier molecular flexibility index (Phi) is 6.02. The molecule has 0 spiro atoms. The molecule has 0 aliphatic carbocycles. The largest absolute Gasteiger partial charge is 0.395 e.